The fourth-order valence-corrected chi connectivity index (χ4v) is 4.51. The Morgan fingerprint density at radius 1 is 0.923 bits per heavy atom. The van der Waals surface area contributed by atoms with Crippen LogP contribution in [0, 0.1) is 20.8 Å². The summed E-state index contributed by atoms with van der Waals surface area (Å²) in [4.78, 5) is 5.08. The molecule has 0 bridgehead atoms. The van der Waals surface area contributed by atoms with Crippen LogP contribution in [-0.4, -0.2) is 24.1 Å². The van der Waals surface area contributed by atoms with Crippen LogP contribution < -0.4 is 16.4 Å². The zero-order chi connectivity index (χ0) is 18.5. The summed E-state index contributed by atoms with van der Waals surface area (Å²) in [5, 5.41) is 7.37. The van der Waals surface area contributed by atoms with Crippen molar-refractivity contribution in [1.82, 2.24) is 5.32 Å². The van der Waals surface area contributed by atoms with E-state index in [1.165, 1.54) is 67.3 Å². The van der Waals surface area contributed by atoms with Crippen molar-refractivity contribution in [3.05, 3.63) is 28.8 Å². The lowest BCUT2D eigenvalue weighted by Crippen LogP contribution is -2.44. The minimum absolute atomic E-state index is 0.189. The van der Waals surface area contributed by atoms with E-state index in [2.05, 4.69) is 43.5 Å². The van der Waals surface area contributed by atoms with E-state index in [1.54, 1.807) is 0 Å². The number of hydrogen-bond acceptors (Lipinski definition) is 2. The minimum atomic E-state index is 0.189. The summed E-state index contributed by atoms with van der Waals surface area (Å²) in [5.41, 5.74) is 11.4. The third-order valence-electron chi connectivity index (χ3n) is 5.94. The molecule has 26 heavy (non-hydrogen) atoms. The molecule has 0 unspecified atom stereocenters. The highest BCUT2D eigenvalue weighted by Gasteiger charge is 2.23. The average molecular weight is 357 g/mol. The Morgan fingerprint density at radius 2 is 1.54 bits per heavy atom. The van der Waals surface area contributed by atoms with Crippen LogP contribution in [0.25, 0.3) is 0 Å². The first-order valence-corrected chi connectivity index (χ1v) is 10.5. The Labute approximate surface area is 159 Å². The van der Waals surface area contributed by atoms with Gasteiger partial charge in [-0.1, -0.05) is 49.8 Å². The number of guanidine groups is 1. The van der Waals surface area contributed by atoms with E-state index in [0.717, 1.165) is 18.8 Å². The van der Waals surface area contributed by atoms with Crippen molar-refractivity contribution >= 4 is 11.6 Å². The number of nitrogens with one attached hydrogen (secondary N) is 2. The maximum Gasteiger partial charge on any atom is 0.196 e. The number of anilines is 1. The van der Waals surface area contributed by atoms with Crippen molar-refractivity contribution in [1.29, 1.82) is 0 Å². The number of aryl methyl sites for hydroxylation is 3. The number of hydrogen-bond donors (Lipinski definition) is 3. The van der Waals surface area contributed by atoms with Gasteiger partial charge in [-0.15, -0.1) is 0 Å². The van der Waals surface area contributed by atoms with Gasteiger partial charge in [-0.05, 0) is 57.6 Å². The predicted octanol–water partition coefficient (Wildman–Crippen LogP) is 4.57. The van der Waals surface area contributed by atoms with Gasteiger partial charge in [0.1, 0.15) is 0 Å². The lowest BCUT2D eigenvalue weighted by atomic mass is 9.91. The molecule has 0 spiro atoms. The molecule has 144 valence electrons. The fraction of sp³-hybridized carbons (Fsp3) is 0.682. The molecule has 1 aromatic carbocycles. The molecule has 0 aliphatic heterocycles. The smallest absolute Gasteiger partial charge is 0.196 e. The van der Waals surface area contributed by atoms with Crippen LogP contribution in [0.15, 0.2) is 17.1 Å². The van der Waals surface area contributed by atoms with Gasteiger partial charge < -0.3 is 16.4 Å². The molecule has 0 radical (unpaired) electrons. The zero-order valence-corrected chi connectivity index (χ0v) is 16.8. The van der Waals surface area contributed by atoms with Crippen LogP contribution in [0.5, 0.6) is 0 Å². The molecular weight excluding hydrogens is 320 g/mol. The van der Waals surface area contributed by atoms with Gasteiger partial charge in [0.25, 0.3) is 0 Å². The second-order valence-corrected chi connectivity index (χ2v) is 8.37. The number of nitrogens with zero attached hydrogens (tertiary/aromatic N) is 1. The SMILES string of the molecule is Cc1cc(C)c(NC(=N[C@H]2CCCC[C@@H]2N)NC2CCCCC2)c(C)c1. The molecule has 0 heterocycles. The summed E-state index contributed by atoms with van der Waals surface area (Å²) in [5.74, 6) is 0.925. The van der Waals surface area contributed by atoms with Crippen molar-refractivity contribution in [2.75, 3.05) is 5.32 Å². The Kier molecular flexibility index (Phi) is 6.58. The lowest BCUT2D eigenvalue weighted by molar-refractivity contribution is 0.381. The van der Waals surface area contributed by atoms with Crippen LogP contribution >= 0.6 is 0 Å². The molecule has 0 aromatic heterocycles. The standard InChI is InChI=1S/C22H36N4/c1-15-13-16(2)21(17(3)14-15)26-22(24-18-9-5-4-6-10-18)25-20-12-8-7-11-19(20)23/h13-14,18-20H,4-12,23H2,1-3H3,(H2,24,25,26)/t19-,20-/m0/s1. The highest BCUT2D eigenvalue weighted by atomic mass is 15.2. The van der Waals surface area contributed by atoms with Gasteiger partial charge in [-0.2, -0.15) is 0 Å². The van der Waals surface area contributed by atoms with E-state index in [9.17, 15) is 0 Å². The summed E-state index contributed by atoms with van der Waals surface area (Å²) in [6.45, 7) is 6.50. The minimum Gasteiger partial charge on any atom is -0.353 e. The summed E-state index contributed by atoms with van der Waals surface area (Å²) >= 11 is 0. The highest BCUT2D eigenvalue weighted by molar-refractivity contribution is 5.95. The molecule has 2 fully saturated rings. The van der Waals surface area contributed by atoms with Crippen molar-refractivity contribution in [3.8, 4) is 0 Å². The van der Waals surface area contributed by atoms with E-state index in [1.807, 2.05) is 0 Å². The number of aliphatic imine (C=N–C) groups is 1. The predicted molar refractivity (Wildman–Crippen MR) is 112 cm³/mol. The lowest BCUT2D eigenvalue weighted by Gasteiger charge is -2.29. The fourth-order valence-electron chi connectivity index (χ4n) is 4.51. The Morgan fingerprint density at radius 3 is 2.19 bits per heavy atom. The first-order chi connectivity index (χ1) is 12.5. The number of rotatable bonds is 3. The maximum atomic E-state index is 6.37. The molecular formula is C22H36N4. The van der Waals surface area contributed by atoms with Gasteiger partial charge in [0, 0.05) is 17.8 Å². The maximum absolute atomic E-state index is 6.37. The van der Waals surface area contributed by atoms with Crippen LogP contribution in [0.3, 0.4) is 0 Å². The second-order valence-electron chi connectivity index (χ2n) is 8.37. The van der Waals surface area contributed by atoms with Gasteiger partial charge in [-0.25, -0.2) is 4.99 Å². The molecule has 0 amide bonds. The quantitative estimate of drug-likeness (QED) is 0.549. The number of nitrogens with two attached hydrogens (primary N) is 1. The summed E-state index contributed by atoms with van der Waals surface area (Å²) in [6.07, 6.45) is 11.1. The van der Waals surface area contributed by atoms with Crippen LogP contribution in [0.2, 0.25) is 0 Å². The van der Waals surface area contributed by atoms with Crippen molar-refractivity contribution < 1.29 is 0 Å². The van der Waals surface area contributed by atoms with Crippen LogP contribution in [-0.2, 0) is 0 Å². The number of benzene rings is 1. The molecule has 4 N–H and O–H groups in total. The molecule has 2 aliphatic carbocycles. The second kappa shape index (κ2) is 8.90. The molecule has 4 nitrogen and oxygen atoms in total. The summed E-state index contributed by atoms with van der Waals surface area (Å²) in [6, 6.07) is 5.42. The molecule has 2 saturated carbocycles. The monoisotopic (exact) mass is 356 g/mol. The van der Waals surface area contributed by atoms with Crippen molar-refractivity contribution in [2.24, 2.45) is 10.7 Å². The largest absolute Gasteiger partial charge is 0.353 e. The molecule has 3 rings (SSSR count). The Balaban J connectivity index is 1.82. The van der Waals surface area contributed by atoms with E-state index >= 15 is 0 Å². The topological polar surface area (TPSA) is 62.4 Å². The zero-order valence-electron chi connectivity index (χ0n) is 16.8. The van der Waals surface area contributed by atoms with Gasteiger partial charge >= 0.3 is 0 Å². The van der Waals surface area contributed by atoms with Gasteiger partial charge in [-0.3, -0.25) is 0 Å². The van der Waals surface area contributed by atoms with Gasteiger partial charge in [0.05, 0.1) is 6.04 Å². The molecule has 0 saturated heterocycles. The van der Waals surface area contributed by atoms with Gasteiger partial charge in [0.2, 0.25) is 0 Å². The Hall–Kier alpha value is -1.55. The van der Waals surface area contributed by atoms with E-state index in [-0.39, 0.29) is 12.1 Å². The molecule has 1 aromatic rings. The average Bonchev–Trinajstić information content (AvgIpc) is 2.61. The summed E-state index contributed by atoms with van der Waals surface area (Å²) < 4.78 is 0. The van der Waals surface area contributed by atoms with E-state index in [0.29, 0.717) is 6.04 Å². The molecule has 2 atom stereocenters. The molecule has 2 aliphatic rings. The third kappa shape index (κ3) is 5.00. The Bertz CT molecular complexity index is 608. The van der Waals surface area contributed by atoms with E-state index < -0.39 is 0 Å². The highest BCUT2D eigenvalue weighted by Crippen LogP contribution is 2.24. The van der Waals surface area contributed by atoms with Crippen LogP contribution in [0.1, 0.15) is 74.5 Å². The summed E-state index contributed by atoms with van der Waals surface area (Å²) in [7, 11) is 0. The third-order valence-corrected chi connectivity index (χ3v) is 5.94. The van der Waals surface area contributed by atoms with Crippen molar-refractivity contribution in [3.63, 3.8) is 0 Å². The first kappa shape index (κ1) is 19.2. The molecule has 4 heteroatoms. The van der Waals surface area contributed by atoms with E-state index in [4.69, 9.17) is 10.7 Å². The van der Waals surface area contributed by atoms with Gasteiger partial charge in [0.15, 0.2) is 5.96 Å². The van der Waals surface area contributed by atoms with Crippen molar-refractivity contribution in [2.45, 2.75) is 96.7 Å². The van der Waals surface area contributed by atoms with Crippen LogP contribution in [0.4, 0.5) is 5.69 Å². The normalized spacial score (nSPS) is 25.2. The first-order valence-electron chi connectivity index (χ1n) is 10.5.